The first-order valence-corrected chi connectivity index (χ1v) is 11.4. The molecule has 1 aliphatic carbocycles. The Kier molecular flexibility index (Phi) is 5.97. The highest BCUT2D eigenvalue weighted by molar-refractivity contribution is 5.79. The number of piperazine rings is 1. The number of carbonyl (C=O) groups is 1. The molecule has 0 radical (unpaired) electrons. The van der Waals surface area contributed by atoms with Gasteiger partial charge in [0.05, 0.1) is 6.54 Å². The number of amides is 1. The molecular weight excluding hydrogens is 428 g/mol. The quantitative estimate of drug-likeness (QED) is 0.249. The molecule has 8 nitrogen and oxygen atoms in total. The van der Waals surface area contributed by atoms with Crippen LogP contribution in [-0.2, 0) is 11.3 Å². The highest BCUT2D eigenvalue weighted by Crippen LogP contribution is 2.44. The van der Waals surface area contributed by atoms with Gasteiger partial charge in [0, 0.05) is 48.4 Å². The number of ether oxygens (including phenoxy) is 1. The van der Waals surface area contributed by atoms with E-state index in [1.54, 1.807) is 4.90 Å². The van der Waals surface area contributed by atoms with Gasteiger partial charge in [-0.3, -0.25) is 0 Å². The fourth-order valence-corrected chi connectivity index (χ4v) is 4.92. The fraction of sp³-hybridized carbons (Fsp3) is 0.269. The molecule has 0 saturated carbocycles. The van der Waals surface area contributed by atoms with Crippen LogP contribution in [0, 0.1) is 0 Å². The second-order valence-corrected chi connectivity index (χ2v) is 8.60. The maximum Gasteiger partial charge on any atom is 0.409 e. The summed E-state index contributed by atoms with van der Waals surface area (Å²) in [6.45, 7) is 3.07. The van der Waals surface area contributed by atoms with Crippen LogP contribution in [0.4, 0.5) is 16.2 Å². The Balaban J connectivity index is 1.21. The van der Waals surface area contributed by atoms with Gasteiger partial charge in [0.25, 0.3) is 0 Å². The summed E-state index contributed by atoms with van der Waals surface area (Å²) >= 11 is 0. The van der Waals surface area contributed by atoms with Crippen LogP contribution in [0.2, 0.25) is 0 Å². The first-order chi connectivity index (χ1) is 16.6. The van der Waals surface area contributed by atoms with Gasteiger partial charge < -0.3 is 20.3 Å². The highest BCUT2D eigenvalue weighted by atomic mass is 16.6. The molecule has 3 aromatic rings. The van der Waals surface area contributed by atoms with Crippen molar-refractivity contribution >= 4 is 17.5 Å². The maximum absolute atomic E-state index is 12.9. The largest absolute Gasteiger partial charge is 0.448 e. The molecule has 5 rings (SSSR count). The molecule has 0 atom stereocenters. The lowest BCUT2D eigenvalue weighted by Gasteiger charge is -2.36. The minimum absolute atomic E-state index is 0.0550. The lowest BCUT2D eigenvalue weighted by Crippen LogP contribution is -2.49. The highest BCUT2D eigenvalue weighted by Gasteiger charge is 2.30. The van der Waals surface area contributed by atoms with Crippen molar-refractivity contribution in [3.8, 4) is 11.1 Å². The van der Waals surface area contributed by atoms with Crippen LogP contribution < -0.4 is 10.6 Å². The molecule has 8 heteroatoms. The molecule has 1 amide bonds. The lowest BCUT2D eigenvalue weighted by atomic mass is 9.98. The summed E-state index contributed by atoms with van der Waals surface area (Å²) in [7, 11) is 0. The first-order valence-electron chi connectivity index (χ1n) is 11.4. The van der Waals surface area contributed by atoms with Gasteiger partial charge in [0.15, 0.2) is 0 Å². The Morgan fingerprint density at radius 1 is 1.00 bits per heavy atom. The summed E-state index contributed by atoms with van der Waals surface area (Å²) in [6, 6.07) is 22.4. The SMILES string of the molecule is [N-]=[N+]=NCc1cc(N)cc(N2CCN(C(=O)OCC3c4ccccc4-c4ccccc43)CC2)c1. The van der Waals surface area contributed by atoms with Crippen LogP contribution in [0.25, 0.3) is 21.6 Å². The van der Waals surface area contributed by atoms with Crippen LogP contribution >= 0.6 is 0 Å². The average Bonchev–Trinajstić information content (AvgIpc) is 3.19. The van der Waals surface area contributed by atoms with Crippen molar-refractivity contribution in [2.45, 2.75) is 12.5 Å². The first kappa shape index (κ1) is 21.7. The number of fused-ring (bicyclic) bond motifs is 3. The van der Waals surface area contributed by atoms with Gasteiger partial charge in [0.1, 0.15) is 6.61 Å². The Morgan fingerprint density at radius 3 is 2.29 bits per heavy atom. The number of nitrogen functional groups attached to an aromatic ring is 1. The van der Waals surface area contributed by atoms with Gasteiger partial charge in [-0.15, -0.1) is 0 Å². The van der Waals surface area contributed by atoms with E-state index in [1.165, 1.54) is 22.3 Å². The summed E-state index contributed by atoms with van der Waals surface area (Å²) in [5.41, 5.74) is 21.9. The van der Waals surface area contributed by atoms with Gasteiger partial charge in [0.2, 0.25) is 0 Å². The second-order valence-electron chi connectivity index (χ2n) is 8.60. The van der Waals surface area contributed by atoms with Crippen LogP contribution in [0.3, 0.4) is 0 Å². The van der Waals surface area contributed by atoms with E-state index in [0.29, 0.717) is 38.5 Å². The molecule has 1 fully saturated rings. The van der Waals surface area contributed by atoms with Crippen LogP contribution in [0.15, 0.2) is 71.8 Å². The Bertz CT molecular complexity index is 1220. The number of nitrogens with zero attached hydrogens (tertiary/aromatic N) is 5. The van der Waals surface area contributed by atoms with Crippen molar-refractivity contribution in [2.24, 2.45) is 5.11 Å². The standard InChI is InChI=1S/C26H26N6O2/c27-19-13-18(16-29-30-28)14-20(15-19)31-9-11-32(12-10-31)26(33)34-17-25-23-7-3-1-5-21(23)22-6-2-4-8-24(22)25/h1-8,13-15,25H,9-12,16-17,27H2. The molecule has 0 unspecified atom stereocenters. The van der Waals surface area contributed by atoms with E-state index in [-0.39, 0.29) is 18.6 Å². The molecule has 0 bridgehead atoms. The minimum Gasteiger partial charge on any atom is -0.448 e. The molecule has 1 saturated heterocycles. The van der Waals surface area contributed by atoms with E-state index in [2.05, 4.69) is 39.2 Å². The second kappa shape index (κ2) is 9.37. The zero-order valence-corrected chi connectivity index (χ0v) is 18.8. The number of nitrogens with two attached hydrogens (primary N) is 1. The zero-order valence-electron chi connectivity index (χ0n) is 18.8. The number of benzene rings is 3. The topological polar surface area (TPSA) is 108 Å². The summed E-state index contributed by atoms with van der Waals surface area (Å²) in [5, 5.41) is 3.62. The summed E-state index contributed by atoms with van der Waals surface area (Å²) < 4.78 is 5.80. The Morgan fingerprint density at radius 2 is 1.65 bits per heavy atom. The average molecular weight is 455 g/mol. The molecular formula is C26H26N6O2. The number of hydrogen-bond acceptors (Lipinski definition) is 5. The van der Waals surface area contributed by atoms with Crippen molar-refractivity contribution in [1.82, 2.24) is 4.90 Å². The van der Waals surface area contributed by atoms with Crippen LogP contribution in [-0.4, -0.2) is 43.8 Å². The monoisotopic (exact) mass is 454 g/mol. The van der Waals surface area contributed by atoms with Gasteiger partial charge in [-0.2, -0.15) is 0 Å². The molecule has 3 aromatic carbocycles. The lowest BCUT2D eigenvalue weighted by molar-refractivity contribution is 0.0977. The van der Waals surface area contributed by atoms with Crippen molar-refractivity contribution in [3.05, 3.63) is 93.9 Å². The third-order valence-corrected chi connectivity index (χ3v) is 6.56. The molecule has 2 aliphatic rings. The van der Waals surface area contributed by atoms with E-state index in [0.717, 1.165) is 11.3 Å². The number of hydrogen-bond donors (Lipinski definition) is 1. The Hall–Kier alpha value is -4.16. The van der Waals surface area contributed by atoms with E-state index in [9.17, 15) is 4.79 Å². The van der Waals surface area contributed by atoms with Gasteiger partial charge >= 0.3 is 6.09 Å². The van der Waals surface area contributed by atoms with E-state index in [1.807, 2.05) is 42.5 Å². The molecule has 172 valence electrons. The normalized spacial score (nSPS) is 14.8. The molecule has 34 heavy (non-hydrogen) atoms. The van der Waals surface area contributed by atoms with Gasteiger partial charge in [-0.1, -0.05) is 53.6 Å². The van der Waals surface area contributed by atoms with Crippen molar-refractivity contribution in [3.63, 3.8) is 0 Å². The Labute approximate surface area is 198 Å². The van der Waals surface area contributed by atoms with Crippen molar-refractivity contribution in [2.75, 3.05) is 43.4 Å². The minimum atomic E-state index is -0.280. The molecule has 2 N–H and O–H groups in total. The van der Waals surface area contributed by atoms with Gasteiger partial charge in [-0.05, 0) is 51.5 Å². The number of rotatable bonds is 5. The van der Waals surface area contributed by atoms with Crippen molar-refractivity contribution < 1.29 is 9.53 Å². The van der Waals surface area contributed by atoms with Gasteiger partial charge in [-0.25, -0.2) is 4.79 Å². The predicted molar refractivity (Wildman–Crippen MR) is 133 cm³/mol. The summed E-state index contributed by atoms with van der Waals surface area (Å²) in [6.07, 6.45) is -0.280. The van der Waals surface area contributed by atoms with E-state index < -0.39 is 0 Å². The van der Waals surface area contributed by atoms with E-state index in [4.69, 9.17) is 16.0 Å². The number of anilines is 2. The third-order valence-electron chi connectivity index (χ3n) is 6.56. The molecule has 1 heterocycles. The summed E-state index contributed by atoms with van der Waals surface area (Å²) in [5.74, 6) is 0.0550. The molecule has 1 aliphatic heterocycles. The molecule has 0 aromatic heterocycles. The molecule has 0 spiro atoms. The van der Waals surface area contributed by atoms with Crippen LogP contribution in [0.1, 0.15) is 22.6 Å². The smallest absolute Gasteiger partial charge is 0.409 e. The predicted octanol–water partition coefficient (Wildman–Crippen LogP) is 5.15. The fourth-order valence-electron chi connectivity index (χ4n) is 4.92. The maximum atomic E-state index is 12.9. The van der Waals surface area contributed by atoms with Crippen molar-refractivity contribution in [1.29, 1.82) is 0 Å². The van der Waals surface area contributed by atoms with E-state index >= 15 is 0 Å². The number of azide groups is 1. The summed E-state index contributed by atoms with van der Waals surface area (Å²) in [4.78, 5) is 19.6. The third kappa shape index (κ3) is 4.23. The number of carbonyl (C=O) groups excluding carboxylic acids is 1. The van der Waals surface area contributed by atoms with Crippen LogP contribution in [0.5, 0.6) is 0 Å². The zero-order chi connectivity index (χ0) is 23.5.